The number of hydrogen-bond donors (Lipinski definition) is 2. The molecule has 0 saturated heterocycles. The highest BCUT2D eigenvalue weighted by Gasteiger charge is 2.16. The molecule has 0 saturated carbocycles. The second-order valence-corrected chi connectivity index (χ2v) is 8.01. The van der Waals surface area contributed by atoms with E-state index in [1.165, 1.54) is 0 Å². The average molecular weight is 447 g/mol. The van der Waals surface area contributed by atoms with Crippen molar-refractivity contribution in [2.75, 3.05) is 0 Å². The number of benzene rings is 2. The second kappa shape index (κ2) is 7.11. The number of nitrogens with one attached hydrogen (secondary N) is 2. The van der Waals surface area contributed by atoms with Gasteiger partial charge in [0.25, 0.3) is 5.56 Å². The van der Waals surface area contributed by atoms with Gasteiger partial charge in [-0.1, -0.05) is 47.4 Å². The van der Waals surface area contributed by atoms with Crippen molar-refractivity contribution in [2.24, 2.45) is 0 Å². The topological polar surface area (TPSA) is 70.9 Å². The quantitative estimate of drug-likeness (QED) is 0.449. The molecule has 0 aliphatic heterocycles. The van der Waals surface area contributed by atoms with Crippen molar-refractivity contribution in [1.82, 2.24) is 15.3 Å². The van der Waals surface area contributed by atoms with E-state index in [1.807, 2.05) is 36.4 Å². The van der Waals surface area contributed by atoms with Gasteiger partial charge in [-0.2, -0.15) is 0 Å². The van der Waals surface area contributed by atoms with Crippen molar-refractivity contribution in [1.29, 1.82) is 0 Å². The predicted octanol–water partition coefficient (Wildman–Crippen LogP) is 5.25. The normalized spacial score (nSPS) is 11.7. The molecule has 0 amide bonds. The largest absolute Gasteiger partial charge is 0.449 e. The number of aromatic amines is 1. The minimum atomic E-state index is -0.330. The van der Waals surface area contributed by atoms with Crippen LogP contribution in [-0.2, 0) is 6.54 Å². The Morgan fingerprint density at radius 3 is 2.81 bits per heavy atom. The summed E-state index contributed by atoms with van der Waals surface area (Å²) in [5.41, 5.74) is 2.76. The van der Waals surface area contributed by atoms with E-state index in [2.05, 4.69) is 45.1 Å². The summed E-state index contributed by atoms with van der Waals surface area (Å²) in [6, 6.07) is 11.7. The van der Waals surface area contributed by atoms with Crippen molar-refractivity contribution in [3.63, 3.8) is 0 Å². The van der Waals surface area contributed by atoms with Crippen LogP contribution in [0.3, 0.4) is 0 Å². The van der Waals surface area contributed by atoms with E-state index in [0.717, 1.165) is 22.0 Å². The monoisotopic (exact) mass is 445 g/mol. The van der Waals surface area contributed by atoms with Gasteiger partial charge >= 0.3 is 0 Å². The molecule has 0 aliphatic rings. The highest BCUT2D eigenvalue weighted by atomic mass is 79.9. The van der Waals surface area contributed by atoms with E-state index < -0.39 is 0 Å². The molecular weight excluding hydrogens is 430 g/mol. The average Bonchev–Trinajstić information content (AvgIpc) is 2.98. The van der Waals surface area contributed by atoms with Crippen LogP contribution in [0.2, 0.25) is 5.02 Å². The molecule has 4 rings (SSSR count). The molecule has 2 aromatic carbocycles. The highest BCUT2D eigenvalue weighted by Crippen LogP contribution is 2.31. The van der Waals surface area contributed by atoms with Crippen LogP contribution in [0.25, 0.3) is 33.5 Å². The summed E-state index contributed by atoms with van der Waals surface area (Å²) in [6.07, 6.45) is 0. The van der Waals surface area contributed by atoms with Crippen molar-refractivity contribution < 1.29 is 4.42 Å². The number of hydrogen-bond acceptors (Lipinski definition) is 4. The molecule has 0 bridgehead atoms. The molecular formula is C20H17BrClN3O2. The van der Waals surface area contributed by atoms with Gasteiger partial charge < -0.3 is 14.7 Å². The minimum Gasteiger partial charge on any atom is -0.449 e. The molecule has 27 heavy (non-hydrogen) atoms. The summed E-state index contributed by atoms with van der Waals surface area (Å²) < 4.78 is 6.55. The Kier molecular flexibility index (Phi) is 4.80. The standard InChI is InChI=1S/C20H17BrClN3O2/c1-10(2)23-9-11-3-5-13(15(22)7-11)19-24-17-14-8-12(21)4-6-16(14)27-18(17)20(26)25-19/h3-8,10,23H,9H2,1-2H3,(H,24,25,26). The van der Waals surface area contributed by atoms with Gasteiger partial charge in [0.15, 0.2) is 0 Å². The van der Waals surface area contributed by atoms with Gasteiger partial charge in [0, 0.05) is 28.0 Å². The second-order valence-electron chi connectivity index (χ2n) is 6.68. The number of halogens is 2. The smallest absolute Gasteiger partial charge is 0.294 e. The molecule has 2 N–H and O–H groups in total. The van der Waals surface area contributed by atoms with Gasteiger partial charge in [0.05, 0.1) is 5.02 Å². The number of rotatable bonds is 4. The zero-order valence-corrected chi connectivity index (χ0v) is 17.1. The Morgan fingerprint density at radius 2 is 2.07 bits per heavy atom. The van der Waals surface area contributed by atoms with Crippen LogP contribution in [0.1, 0.15) is 19.4 Å². The summed E-state index contributed by atoms with van der Waals surface area (Å²) in [5.74, 6) is 0.420. The molecule has 0 spiro atoms. The van der Waals surface area contributed by atoms with Crippen LogP contribution < -0.4 is 10.9 Å². The molecule has 0 radical (unpaired) electrons. The van der Waals surface area contributed by atoms with Crippen LogP contribution in [-0.4, -0.2) is 16.0 Å². The van der Waals surface area contributed by atoms with Crippen LogP contribution in [0.15, 0.2) is 50.1 Å². The first kappa shape index (κ1) is 18.2. The van der Waals surface area contributed by atoms with E-state index in [-0.39, 0.29) is 11.1 Å². The van der Waals surface area contributed by atoms with E-state index in [9.17, 15) is 4.79 Å². The lowest BCUT2D eigenvalue weighted by molar-refractivity contribution is 0.589. The molecule has 0 fully saturated rings. The van der Waals surface area contributed by atoms with Gasteiger partial charge in [-0.3, -0.25) is 4.79 Å². The summed E-state index contributed by atoms with van der Waals surface area (Å²) in [6.45, 7) is 4.90. The number of H-pyrrole nitrogens is 1. The molecule has 0 aliphatic carbocycles. The van der Waals surface area contributed by atoms with Gasteiger partial charge in [-0.25, -0.2) is 4.98 Å². The van der Waals surface area contributed by atoms with Crippen LogP contribution >= 0.6 is 27.5 Å². The Morgan fingerprint density at radius 1 is 1.26 bits per heavy atom. The minimum absolute atomic E-state index is 0.209. The summed E-state index contributed by atoms with van der Waals surface area (Å²) in [5, 5.41) is 4.67. The third-order valence-corrected chi connectivity index (χ3v) is 5.09. The first-order chi connectivity index (χ1) is 12.9. The maximum atomic E-state index is 12.5. The molecule has 4 aromatic rings. The van der Waals surface area contributed by atoms with Crippen LogP contribution in [0.4, 0.5) is 0 Å². The number of nitrogens with zero attached hydrogens (tertiary/aromatic N) is 1. The SMILES string of the molecule is CC(C)NCc1ccc(-c2nc3c(oc4ccc(Br)cc43)c(=O)[nH]2)c(Cl)c1. The molecule has 0 atom stereocenters. The van der Waals surface area contributed by atoms with Crippen LogP contribution in [0.5, 0.6) is 0 Å². The number of furan rings is 1. The molecule has 0 unspecified atom stereocenters. The van der Waals surface area contributed by atoms with E-state index >= 15 is 0 Å². The Labute approximate surface area is 168 Å². The first-order valence-corrected chi connectivity index (χ1v) is 9.74. The maximum absolute atomic E-state index is 12.5. The van der Waals surface area contributed by atoms with Gasteiger partial charge in [0.1, 0.15) is 16.9 Å². The van der Waals surface area contributed by atoms with Gasteiger partial charge in [0.2, 0.25) is 5.58 Å². The Hall–Kier alpha value is -2.15. The lowest BCUT2D eigenvalue weighted by Gasteiger charge is -2.10. The third-order valence-electron chi connectivity index (χ3n) is 4.29. The first-order valence-electron chi connectivity index (χ1n) is 8.56. The third kappa shape index (κ3) is 3.52. The van der Waals surface area contributed by atoms with Crippen molar-refractivity contribution in [3.8, 4) is 11.4 Å². The van der Waals surface area contributed by atoms with E-state index in [0.29, 0.717) is 33.6 Å². The van der Waals surface area contributed by atoms with Crippen LogP contribution in [0, 0.1) is 0 Å². The fraction of sp³-hybridized carbons (Fsp3) is 0.200. The van der Waals surface area contributed by atoms with Crippen molar-refractivity contribution >= 4 is 49.6 Å². The lowest BCUT2D eigenvalue weighted by atomic mass is 10.1. The summed E-state index contributed by atoms with van der Waals surface area (Å²) >= 11 is 9.93. The van der Waals surface area contributed by atoms with E-state index in [4.69, 9.17) is 16.0 Å². The predicted molar refractivity (Wildman–Crippen MR) is 112 cm³/mol. The van der Waals surface area contributed by atoms with Gasteiger partial charge in [-0.05, 0) is 35.9 Å². The molecule has 2 aromatic heterocycles. The summed E-state index contributed by atoms with van der Waals surface area (Å²) in [7, 11) is 0. The molecule has 5 nitrogen and oxygen atoms in total. The van der Waals surface area contributed by atoms with Gasteiger partial charge in [-0.15, -0.1) is 0 Å². The van der Waals surface area contributed by atoms with E-state index in [1.54, 1.807) is 0 Å². The Bertz CT molecular complexity index is 1210. The zero-order chi connectivity index (χ0) is 19.1. The zero-order valence-electron chi connectivity index (χ0n) is 14.8. The number of aromatic nitrogens is 2. The molecule has 2 heterocycles. The maximum Gasteiger partial charge on any atom is 0.294 e. The number of fused-ring (bicyclic) bond motifs is 3. The molecule has 7 heteroatoms. The lowest BCUT2D eigenvalue weighted by Crippen LogP contribution is -2.21. The summed E-state index contributed by atoms with van der Waals surface area (Å²) in [4.78, 5) is 19.9. The van der Waals surface area contributed by atoms with Crippen molar-refractivity contribution in [2.45, 2.75) is 26.4 Å². The fourth-order valence-electron chi connectivity index (χ4n) is 2.94. The van der Waals surface area contributed by atoms with Crippen molar-refractivity contribution in [3.05, 3.63) is 61.8 Å². The molecule has 138 valence electrons. The fourth-order valence-corrected chi connectivity index (χ4v) is 3.59. The highest BCUT2D eigenvalue weighted by molar-refractivity contribution is 9.10. The Balaban J connectivity index is 1.83.